The van der Waals surface area contributed by atoms with Gasteiger partial charge in [-0.2, -0.15) is 11.3 Å². The SMILES string of the molecule is O=C(O)C(=CCl)c1ccsc1. The number of carboxylic acid groups (broad SMARTS) is 1. The second-order valence-electron chi connectivity index (χ2n) is 1.84. The molecule has 0 bridgehead atoms. The van der Waals surface area contributed by atoms with E-state index in [0.29, 0.717) is 5.56 Å². The summed E-state index contributed by atoms with van der Waals surface area (Å²) in [5.41, 5.74) is 1.86. The molecule has 2 nitrogen and oxygen atoms in total. The first-order valence-electron chi connectivity index (χ1n) is 2.82. The normalized spacial score (nSPS) is 11.5. The number of carbonyl (C=O) groups is 1. The first-order valence-corrected chi connectivity index (χ1v) is 4.20. The van der Waals surface area contributed by atoms with Gasteiger partial charge < -0.3 is 5.11 Å². The highest BCUT2D eigenvalue weighted by Crippen LogP contribution is 2.18. The Kier molecular flexibility index (Phi) is 2.68. The molecular weight excluding hydrogens is 184 g/mol. The molecule has 0 unspecified atom stereocenters. The molecule has 0 amide bonds. The van der Waals surface area contributed by atoms with Gasteiger partial charge in [0.25, 0.3) is 0 Å². The van der Waals surface area contributed by atoms with E-state index in [1.807, 2.05) is 0 Å². The number of hydrogen-bond donors (Lipinski definition) is 1. The maximum absolute atomic E-state index is 10.5. The molecule has 0 aliphatic rings. The Bertz CT molecular complexity index is 277. The molecule has 0 fully saturated rings. The molecule has 58 valence electrons. The van der Waals surface area contributed by atoms with Gasteiger partial charge in [-0.1, -0.05) is 11.6 Å². The number of hydrogen-bond acceptors (Lipinski definition) is 2. The van der Waals surface area contributed by atoms with Crippen LogP contribution >= 0.6 is 22.9 Å². The largest absolute Gasteiger partial charge is 0.478 e. The summed E-state index contributed by atoms with van der Waals surface area (Å²) >= 11 is 6.75. The van der Waals surface area contributed by atoms with Crippen LogP contribution in [0.2, 0.25) is 0 Å². The molecule has 0 spiro atoms. The third-order valence-electron chi connectivity index (χ3n) is 1.17. The van der Waals surface area contributed by atoms with Crippen LogP contribution < -0.4 is 0 Å². The first kappa shape index (κ1) is 8.30. The summed E-state index contributed by atoms with van der Waals surface area (Å²) in [6.45, 7) is 0. The summed E-state index contributed by atoms with van der Waals surface area (Å²) in [4.78, 5) is 10.5. The summed E-state index contributed by atoms with van der Waals surface area (Å²) in [7, 11) is 0. The van der Waals surface area contributed by atoms with Gasteiger partial charge in [0.1, 0.15) is 0 Å². The number of aliphatic carboxylic acids is 1. The number of carboxylic acids is 1. The van der Waals surface area contributed by atoms with Crippen LogP contribution in [0.3, 0.4) is 0 Å². The second kappa shape index (κ2) is 3.55. The highest BCUT2D eigenvalue weighted by atomic mass is 35.5. The maximum atomic E-state index is 10.5. The Morgan fingerprint density at radius 3 is 2.82 bits per heavy atom. The molecule has 0 aromatic carbocycles. The standard InChI is InChI=1S/C7H5ClO2S/c8-3-6(7(9)10)5-1-2-11-4-5/h1-4H,(H,9,10). The summed E-state index contributed by atoms with van der Waals surface area (Å²) in [5, 5.41) is 12.1. The molecule has 1 heterocycles. The summed E-state index contributed by atoms with van der Waals surface area (Å²) < 4.78 is 0. The fourth-order valence-electron chi connectivity index (χ4n) is 0.651. The summed E-state index contributed by atoms with van der Waals surface area (Å²) in [6, 6.07) is 1.72. The van der Waals surface area contributed by atoms with Crippen molar-refractivity contribution >= 4 is 34.5 Å². The van der Waals surface area contributed by atoms with E-state index < -0.39 is 5.97 Å². The Balaban J connectivity index is 2.99. The maximum Gasteiger partial charge on any atom is 0.337 e. The van der Waals surface area contributed by atoms with E-state index in [-0.39, 0.29) is 5.57 Å². The molecule has 0 radical (unpaired) electrons. The predicted molar refractivity (Wildman–Crippen MR) is 45.8 cm³/mol. The monoisotopic (exact) mass is 188 g/mol. The van der Waals surface area contributed by atoms with Crippen molar-refractivity contribution in [3.63, 3.8) is 0 Å². The van der Waals surface area contributed by atoms with Gasteiger partial charge in [-0.05, 0) is 16.8 Å². The van der Waals surface area contributed by atoms with Gasteiger partial charge in [0.05, 0.1) is 5.57 Å². The lowest BCUT2D eigenvalue weighted by molar-refractivity contribution is -0.130. The average molecular weight is 189 g/mol. The zero-order chi connectivity index (χ0) is 8.27. The number of rotatable bonds is 2. The minimum absolute atomic E-state index is 0.132. The highest BCUT2D eigenvalue weighted by Gasteiger charge is 2.08. The van der Waals surface area contributed by atoms with Crippen molar-refractivity contribution in [2.24, 2.45) is 0 Å². The van der Waals surface area contributed by atoms with Crippen molar-refractivity contribution in [2.45, 2.75) is 0 Å². The van der Waals surface area contributed by atoms with E-state index in [1.165, 1.54) is 11.3 Å². The molecule has 0 aliphatic carbocycles. The van der Waals surface area contributed by atoms with Crippen molar-refractivity contribution < 1.29 is 9.90 Å². The summed E-state index contributed by atoms with van der Waals surface area (Å²) in [5.74, 6) is -1.00. The first-order chi connectivity index (χ1) is 5.25. The fourth-order valence-corrected chi connectivity index (χ4v) is 1.53. The zero-order valence-electron chi connectivity index (χ0n) is 5.45. The topological polar surface area (TPSA) is 37.3 Å². The molecule has 1 aromatic heterocycles. The molecule has 4 heteroatoms. The van der Waals surface area contributed by atoms with E-state index in [1.54, 1.807) is 16.8 Å². The zero-order valence-corrected chi connectivity index (χ0v) is 7.02. The Labute approximate surface area is 72.7 Å². The van der Waals surface area contributed by atoms with E-state index >= 15 is 0 Å². The van der Waals surface area contributed by atoms with Gasteiger partial charge in [0.15, 0.2) is 0 Å². The van der Waals surface area contributed by atoms with E-state index in [0.717, 1.165) is 5.54 Å². The lowest BCUT2D eigenvalue weighted by Crippen LogP contribution is -1.96. The average Bonchev–Trinajstić information content (AvgIpc) is 2.40. The minimum atomic E-state index is -1.00. The van der Waals surface area contributed by atoms with Gasteiger partial charge in [-0.25, -0.2) is 4.79 Å². The van der Waals surface area contributed by atoms with Crippen LogP contribution in [0.25, 0.3) is 5.57 Å². The van der Waals surface area contributed by atoms with Crippen LogP contribution in [0.5, 0.6) is 0 Å². The van der Waals surface area contributed by atoms with Crippen LogP contribution in [-0.4, -0.2) is 11.1 Å². The van der Waals surface area contributed by atoms with Gasteiger partial charge in [-0.3, -0.25) is 0 Å². The summed E-state index contributed by atoms with van der Waals surface area (Å²) in [6.07, 6.45) is 0. The number of thiophene rings is 1. The molecule has 0 saturated heterocycles. The Morgan fingerprint density at radius 2 is 2.45 bits per heavy atom. The molecule has 0 atom stereocenters. The van der Waals surface area contributed by atoms with Crippen LogP contribution in [0.15, 0.2) is 22.4 Å². The fraction of sp³-hybridized carbons (Fsp3) is 0. The molecule has 11 heavy (non-hydrogen) atoms. The molecule has 1 aromatic rings. The quantitative estimate of drug-likeness (QED) is 0.724. The third kappa shape index (κ3) is 1.82. The van der Waals surface area contributed by atoms with Gasteiger partial charge in [-0.15, -0.1) is 0 Å². The lowest BCUT2D eigenvalue weighted by atomic mass is 10.2. The van der Waals surface area contributed by atoms with Gasteiger partial charge in [0, 0.05) is 11.1 Å². The van der Waals surface area contributed by atoms with Crippen molar-refractivity contribution in [1.29, 1.82) is 0 Å². The van der Waals surface area contributed by atoms with E-state index in [2.05, 4.69) is 0 Å². The Morgan fingerprint density at radius 1 is 1.73 bits per heavy atom. The lowest BCUT2D eigenvalue weighted by Gasteiger charge is -1.93. The molecular formula is C7H5ClO2S. The molecule has 1 rings (SSSR count). The van der Waals surface area contributed by atoms with Crippen LogP contribution in [0.4, 0.5) is 0 Å². The van der Waals surface area contributed by atoms with E-state index in [4.69, 9.17) is 16.7 Å². The van der Waals surface area contributed by atoms with Crippen molar-refractivity contribution in [1.82, 2.24) is 0 Å². The molecule has 0 aliphatic heterocycles. The second-order valence-corrected chi connectivity index (χ2v) is 2.84. The third-order valence-corrected chi connectivity index (χ3v) is 2.07. The van der Waals surface area contributed by atoms with Gasteiger partial charge in [0.2, 0.25) is 0 Å². The van der Waals surface area contributed by atoms with Crippen molar-refractivity contribution in [3.05, 3.63) is 27.9 Å². The minimum Gasteiger partial charge on any atom is -0.478 e. The van der Waals surface area contributed by atoms with Gasteiger partial charge >= 0.3 is 5.97 Å². The number of halogens is 1. The van der Waals surface area contributed by atoms with Crippen LogP contribution in [0.1, 0.15) is 5.56 Å². The van der Waals surface area contributed by atoms with Crippen molar-refractivity contribution in [2.75, 3.05) is 0 Å². The smallest absolute Gasteiger partial charge is 0.337 e. The van der Waals surface area contributed by atoms with Crippen LogP contribution in [-0.2, 0) is 4.79 Å². The van der Waals surface area contributed by atoms with Crippen molar-refractivity contribution in [3.8, 4) is 0 Å². The molecule has 0 saturated carbocycles. The highest BCUT2D eigenvalue weighted by molar-refractivity contribution is 7.08. The predicted octanol–water partition coefficient (Wildman–Crippen LogP) is 2.41. The Hall–Kier alpha value is -0.800. The van der Waals surface area contributed by atoms with Crippen LogP contribution in [0, 0.1) is 0 Å². The molecule has 1 N–H and O–H groups in total. The van der Waals surface area contributed by atoms with E-state index in [9.17, 15) is 4.79 Å².